The van der Waals surface area contributed by atoms with Crippen LogP contribution in [0, 0.1) is 3.57 Å². The van der Waals surface area contributed by atoms with Gasteiger partial charge in [0.25, 0.3) is 5.91 Å². The van der Waals surface area contributed by atoms with Crippen LogP contribution in [0.5, 0.6) is 0 Å². The van der Waals surface area contributed by atoms with Gasteiger partial charge in [0.05, 0.1) is 4.88 Å². The van der Waals surface area contributed by atoms with Crippen molar-refractivity contribution in [2.75, 3.05) is 5.32 Å². The standard InChI is InChI=1S/C14H12INOS/c15-10-4-2-5-11(8-10)16-14(17)13-7-9-3-1-6-12(9)18-13/h2,4-5,7-8H,1,3,6H2,(H,16,17). The van der Waals surface area contributed by atoms with Crippen molar-refractivity contribution in [1.29, 1.82) is 0 Å². The quantitative estimate of drug-likeness (QED) is 0.794. The average molecular weight is 369 g/mol. The summed E-state index contributed by atoms with van der Waals surface area (Å²) in [5.41, 5.74) is 2.23. The van der Waals surface area contributed by atoms with Gasteiger partial charge in [0.1, 0.15) is 0 Å². The van der Waals surface area contributed by atoms with E-state index in [2.05, 4.69) is 34.0 Å². The molecule has 0 aliphatic heterocycles. The minimum Gasteiger partial charge on any atom is -0.321 e. The van der Waals surface area contributed by atoms with Crippen molar-refractivity contribution in [3.63, 3.8) is 0 Å². The summed E-state index contributed by atoms with van der Waals surface area (Å²) in [7, 11) is 0. The van der Waals surface area contributed by atoms with E-state index in [9.17, 15) is 4.79 Å². The van der Waals surface area contributed by atoms with Gasteiger partial charge >= 0.3 is 0 Å². The second kappa shape index (κ2) is 5.01. The van der Waals surface area contributed by atoms with Crippen LogP contribution in [0.4, 0.5) is 5.69 Å². The first-order chi connectivity index (χ1) is 8.72. The van der Waals surface area contributed by atoms with Crippen LogP contribution in [0.25, 0.3) is 0 Å². The highest BCUT2D eigenvalue weighted by molar-refractivity contribution is 14.1. The van der Waals surface area contributed by atoms with E-state index in [1.54, 1.807) is 11.3 Å². The fourth-order valence-corrected chi connectivity index (χ4v) is 3.89. The molecule has 0 spiro atoms. The first-order valence-corrected chi connectivity index (χ1v) is 7.80. The zero-order valence-corrected chi connectivity index (χ0v) is 12.7. The van der Waals surface area contributed by atoms with Gasteiger partial charge in [-0.1, -0.05) is 6.07 Å². The molecule has 0 atom stereocenters. The normalized spacial score (nSPS) is 13.4. The number of amides is 1. The van der Waals surface area contributed by atoms with Gasteiger partial charge < -0.3 is 5.32 Å². The Hall–Kier alpha value is -0.880. The Kier molecular flexibility index (Phi) is 3.39. The molecule has 1 aromatic carbocycles. The number of anilines is 1. The minimum absolute atomic E-state index is 0.0106. The van der Waals surface area contributed by atoms with Crippen LogP contribution in [-0.2, 0) is 12.8 Å². The van der Waals surface area contributed by atoms with E-state index in [0.29, 0.717) is 0 Å². The van der Waals surface area contributed by atoms with E-state index in [0.717, 1.165) is 27.0 Å². The summed E-state index contributed by atoms with van der Waals surface area (Å²) in [4.78, 5) is 14.4. The molecule has 0 bridgehead atoms. The highest BCUT2D eigenvalue weighted by atomic mass is 127. The molecule has 2 nitrogen and oxygen atoms in total. The molecule has 1 heterocycles. The first kappa shape index (κ1) is 12.2. The van der Waals surface area contributed by atoms with Gasteiger partial charge in [0.2, 0.25) is 0 Å². The maximum Gasteiger partial charge on any atom is 0.265 e. The zero-order chi connectivity index (χ0) is 12.5. The van der Waals surface area contributed by atoms with E-state index in [-0.39, 0.29) is 5.91 Å². The lowest BCUT2D eigenvalue weighted by atomic mass is 10.2. The molecular formula is C14H12INOS. The van der Waals surface area contributed by atoms with Crippen LogP contribution in [-0.4, -0.2) is 5.91 Å². The minimum atomic E-state index is 0.0106. The number of halogens is 1. The number of carbonyl (C=O) groups is 1. The van der Waals surface area contributed by atoms with Gasteiger partial charge in [0, 0.05) is 14.1 Å². The first-order valence-electron chi connectivity index (χ1n) is 5.91. The second-order valence-corrected chi connectivity index (χ2v) is 6.76. The number of thiophene rings is 1. The van der Waals surface area contributed by atoms with Gasteiger partial charge in [-0.15, -0.1) is 11.3 Å². The Morgan fingerprint density at radius 1 is 1.28 bits per heavy atom. The molecule has 0 fully saturated rings. The number of aryl methyl sites for hydroxylation is 2. The predicted molar refractivity (Wildman–Crippen MR) is 83.5 cm³/mol. The van der Waals surface area contributed by atoms with Crippen LogP contribution in [0.2, 0.25) is 0 Å². The Bertz CT molecular complexity index is 584. The molecule has 0 saturated heterocycles. The molecule has 0 saturated carbocycles. The summed E-state index contributed by atoms with van der Waals surface area (Å²) in [6, 6.07) is 9.90. The maximum absolute atomic E-state index is 12.1. The van der Waals surface area contributed by atoms with Gasteiger partial charge in [-0.25, -0.2) is 0 Å². The van der Waals surface area contributed by atoms with Crippen molar-refractivity contribution in [2.45, 2.75) is 19.3 Å². The smallest absolute Gasteiger partial charge is 0.265 e. The summed E-state index contributed by atoms with van der Waals surface area (Å²) in [6.45, 7) is 0. The fourth-order valence-electron chi connectivity index (χ4n) is 2.20. The topological polar surface area (TPSA) is 29.1 Å². The number of carbonyl (C=O) groups excluding carboxylic acids is 1. The highest BCUT2D eigenvalue weighted by Crippen LogP contribution is 2.31. The molecule has 1 N–H and O–H groups in total. The van der Waals surface area contributed by atoms with Crippen LogP contribution < -0.4 is 5.32 Å². The Balaban J connectivity index is 1.78. The van der Waals surface area contributed by atoms with Crippen molar-refractivity contribution in [3.05, 3.63) is 49.2 Å². The van der Waals surface area contributed by atoms with Gasteiger partial charge in [-0.3, -0.25) is 4.79 Å². The Labute approximate surface area is 124 Å². The van der Waals surface area contributed by atoms with Crippen molar-refractivity contribution in [3.8, 4) is 0 Å². The Morgan fingerprint density at radius 2 is 2.17 bits per heavy atom. The Morgan fingerprint density at radius 3 is 2.94 bits per heavy atom. The van der Waals surface area contributed by atoms with Crippen LogP contribution in [0.15, 0.2) is 30.3 Å². The van der Waals surface area contributed by atoms with Crippen molar-refractivity contribution < 1.29 is 4.79 Å². The van der Waals surface area contributed by atoms with Gasteiger partial charge in [-0.05, 0) is 71.7 Å². The molecule has 2 aromatic rings. The molecule has 92 valence electrons. The number of nitrogens with one attached hydrogen (secondary N) is 1. The van der Waals surface area contributed by atoms with Crippen LogP contribution in [0.1, 0.15) is 26.5 Å². The number of hydrogen-bond donors (Lipinski definition) is 1. The number of fused-ring (bicyclic) bond motifs is 1. The third kappa shape index (κ3) is 2.44. The van der Waals surface area contributed by atoms with Crippen molar-refractivity contribution in [2.24, 2.45) is 0 Å². The monoisotopic (exact) mass is 369 g/mol. The summed E-state index contributed by atoms with van der Waals surface area (Å²) >= 11 is 3.88. The third-order valence-corrected chi connectivity index (χ3v) is 4.96. The lowest BCUT2D eigenvalue weighted by Gasteiger charge is -2.03. The molecule has 3 rings (SSSR count). The van der Waals surface area contributed by atoms with Crippen LogP contribution >= 0.6 is 33.9 Å². The predicted octanol–water partition coefficient (Wildman–Crippen LogP) is 4.09. The molecule has 1 amide bonds. The van der Waals surface area contributed by atoms with E-state index in [1.165, 1.54) is 16.9 Å². The average Bonchev–Trinajstić information content (AvgIpc) is 2.88. The summed E-state index contributed by atoms with van der Waals surface area (Å²) in [6.07, 6.45) is 3.50. The molecule has 1 aromatic heterocycles. The molecule has 1 aliphatic carbocycles. The lowest BCUT2D eigenvalue weighted by Crippen LogP contribution is -2.10. The maximum atomic E-state index is 12.1. The molecule has 0 radical (unpaired) electrons. The molecular weight excluding hydrogens is 357 g/mol. The molecule has 4 heteroatoms. The van der Waals surface area contributed by atoms with E-state index >= 15 is 0 Å². The third-order valence-electron chi connectivity index (χ3n) is 3.05. The van der Waals surface area contributed by atoms with Crippen molar-refractivity contribution >= 4 is 45.5 Å². The van der Waals surface area contributed by atoms with E-state index in [1.807, 2.05) is 24.3 Å². The fraction of sp³-hybridized carbons (Fsp3) is 0.214. The summed E-state index contributed by atoms with van der Waals surface area (Å²) in [5, 5.41) is 2.95. The second-order valence-electron chi connectivity index (χ2n) is 4.38. The van der Waals surface area contributed by atoms with Gasteiger partial charge in [0.15, 0.2) is 0 Å². The van der Waals surface area contributed by atoms with Crippen molar-refractivity contribution in [1.82, 2.24) is 0 Å². The number of hydrogen-bond acceptors (Lipinski definition) is 2. The zero-order valence-electron chi connectivity index (χ0n) is 9.70. The summed E-state index contributed by atoms with van der Waals surface area (Å²) in [5.74, 6) is 0.0106. The molecule has 0 unspecified atom stereocenters. The number of rotatable bonds is 2. The van der Waals surface area contributed by atoms with Gasteiger partial charge in [-0.2, -0.15) is 0 Å². The summed E-state index contributed by atoms with van der Waals surface area (Å²) < 4.78 is 1.12. The number of benzene rings is 1. The molecule has 18 heavy (non-hydrogen) atoms. The van der Waals surface area contributed by atoms with Crippen LogP contribution in [0.3, 0.4) is 0 Å². The largest absolute Gasteiger partial charge is 0.321 e. The highest BCUT2D eigenvalue weighted by Gasteiger charge is 2.18. The van der Waals surface area contributed by atoms with E-state index in [4.69, 9.17) is 0 Å². The van der Waals surface area contributed by atoms with E-state index < -0.39 is 0 Å². The lowest BCUT2D eigenvalue weighted by molar-refractivity contribution is 0.103. The molecule has 1 aliphatic rings. The SMILES string of the molecule is O=C(Nc1cccc(I)c1)c1cc2c(s1)CCC2.